The Hall–Kier alpha value is -3.21. The van der Waals surface area contributed by atoms with Crippen molar-refractivity contribution in [3.05, 3.63) is 71.2 Å². The summed E-state index contributed by atoms with van der Waals surface area (Å²) in [5, 5.41) is 4.06. The summed E-state index contributed by atoms with van der Waals surface area (Å²) in [5.74, 6) is 0.708. The number of nitrogens with one attached hydrogen (secondary N) is 2. The minimum Gasteiger partial charge on any atom is -0.342 e. The Labute approximate surface area is 156 Å². The van der Waals surface area contributed by atoms with Gasteiger partial charge in [-0.25, -0.2) is 4.98 Å². The summed E-state index contributed by atoms with van der Waals surface area (Å²) in [6.45, 7) is 1.96. The number of aromatic amines is 1. The molecule has 2 N–H and O–H groups in total. The van der Waals surface area contributed by atoms with Gasteiger partial charge >= 0.3 is 0 Å². The van der Waals surface area contributed by atoms with Crippen LogP contribution in [0.3, 0.4) is 0 Å². The molecule has 0 bridgehead atoms. The van der Waals surface area contributed by atoms with E-state index in [1.807, 2.05) is 55.5 Å². The fraction of sp³-hybridized carbons (Fsp3) is 0.227. The van der Waals surface area contributed by atoms with E-state index in [0.29, 0.717) is 0 Å². The summed E-state index contributed by atoms with van der Waals surface area (Å²) >= 11 is 0. The first-order valence-corrected chi connectivity index (χ1v) is 9.37. The molecule has 27 heavy (non-hydrogen) atoms. The van der Waals surface area contributed by atoms with Gasteiger partial charge in [0.15, 0.2) is 0 Å². The number of pyridine rings is 1. The van der Waals surface area contributed by atoms with E-state index in [4.69, 9.17) is 4.98 Å². The Kier molecular flexibility index (Phi) is 3.67. The lowest BCUT2D eigenvalue weighted by molar-refractivity contribution is 0.0939. The minimum absolute atomic E-state index is 0.0558. The van der Waals surface area contributed by atoms with Gasteiger partial charge in [-0.05, 0) is 49.9 Å². The van der Waals surface area contributed by atoms with Gasteiger partial charge in [0.25, 0.3) is 5.91 Å². The summed E-state index contributed by atoms with van der Waals surface area (Å²) in [7, 11) is 0. The van der Waals surface area contributed by atoms with Crippen molar-refractivity contribution in [2.24, 2.45) is 0 Å². The van der Waals surface area contributed by atoms with Crippen molar-refractivity contribution in [2.75, 3.05) is 0 Å². The number of aryl methyl sites for hydroxylation is 1. The van der Waals surface area contributed by atoms with Crippen LogP contribution in [0.15, 0.2) is 48.5 Å². The van der Waals surface area contributed by atoms with Crippen molar-refractivity contribution < 1.29 is 4.79 Å². The number of rotatable bonds is 3. The lowest BCUT2D eigenvalue weighted by Gasteiger charge is -2.15. The predicted octanol–water partition coefficient (Wildman–Crippen LogP) is 4.09. The van der Waals surface area contributed by atoms with Crippen molar-refractivity contribution >= 4 is 27.8 Å². The third-order valence-corrected chi connectivity index (χ3v) is 5.31. The first kappa shape index (κ1) is 16.0. The molecule has 0 fully saturated rings. The Bertz CT molecular complexity index is 1140. The van der Waals surface area contributed by atoms with E-state index in [0.717, 1.165) is 63.8 Å². The van der Waals surface area contributed by atoms with Crippen LogP contribution in [-0.4, -0.2) is 20.9 Å². The fourth-order valence-corrected chi connectivity index (χ4v) is 3.99. The average Bonchev–Trinajstić information content (AvgIpc) is 3.32. The maximum atomic E-state index is 13.2. The van der Waals surface area contributed by atoms with Gasteiger partial charge in [-0.3, -0.25) is 9.78 Å². The van der Waals surface area contributed by atoms with E-state index in [9.17, 15) is 4.79 Å². The van der Waals surface area contributed by atoms with Crippen LogP contribution in [0, 0.1) is 0 Å². The summed E-state index contributed by atoms with van der Waals surface area (Å²) in [5.41, 5.74) is 5.71. The smallest absolute Gasteiger partial charge is 0.252 e. The van der Waals surface area contributed by atoms with Crippen LogP contribution >= 0.6 is 0 Å². The number of imidazole rings is 1. The highest BCUT2D eigenvalue weighted by atomic mass is 16.1. The molecule has 5 rings (SSSR count). The number of hydrogen-bond acceptors (Lipinski definition) is 3. The maximum Gasteiger partial charge on any atom is 0.252 e. The Morgan fingerprint density at radius 3 is 2.67 bits per heavy atom. The van der Waals surface area contributed by atoms with E-state index >= 15 is 0 Å². The van der Waals surface area contributed by atoms with Crippen molar-refractivity contribution in [2.45, 2.75) is 32.2 Å². The van der Waals surface area contributed by atoms with E-state index in [2.05, 4.69) is 15.3 Å². The molecular formula is C22H20N4O. The molecule has 1 atom stereocenters. The minimum atomic E-state index is -0.214. The third kappa shape index (κ3) is 2.67. The zero-order valence-corrected chi connectivity index (χ0v) is 15.1. The summed E-state index contributed by atoms with van der Waals surface area (Å²) in [6.07, 6.45) is 2.91. The van der Waals surface area contributed by atoms with E-state index in [1.54, 1.807) is 0 Å². The van der Waals surface area contributed by atoms with E-state index < -0.39 is 0 Å². The molecule has 0 saturated carbocycles. The van der Waals surface area contributed by atoms with Crippen LogP contribution in [0.1, 0.15) is 46.8 Å². The first-order chi connectivity index (χ1) is 13.2. The van der Waals surface area contributed by atoms with Crippen molar-refractivity contribution in [1.82, 2.24) is 20.3 Å². The largest absolute Gasteiger partial charge is 0.342 e. The Morgan fingerprint density at radius 1 is 1.04 bits per heavy atom. The Morgan fingerprint density at radius 2 is 1.81 bits per heavy atom. The monoisotopic (exact) mass is 356 g/mol. The molecule has 5 heteroatoms. The molecule has 4 aromatic rings. The number of para-hydroxylation sites is 3. The zero-order valence-electron chi connectivity index (χ0n) is 15.1. The van der Waals surface area contributed by atoms with Gasteiger partial charge in [0, 0.05) is 11.1 Å². The molecule has 134 valence electrons. The second kappa shape index (κ2) is 6.20. The quantitative estimate of drug-likeness (QED) is 0.581. The normalized spacial score (nSPS) is 14.4. The molecule has 1 amide bonds. The van der Waals surface area contributed by atoms with Crippen LogP contribution in [0.2, 0.25) is 0 Å². The number of amides is 1. The molecule has 1 unspecified atom stereocenters. The summed E-state index contributed by atoms with van der Waals surface area (Å²) < 4.78 is 0. The highest BCUT2D eigenvalue weighted by Gasteiger charge is 2.25. The maximum absolute atomic E-state index is 13.2. The average molecular weight is 356 g/mol. The number of nitrogens with zero attached hydrogens (tertiary/aromatic N) is 2. The number of carbonyl (C=O) groups excluding carboxylic acids is 1. The van der Waals surface area contributed by atoms with Gasteiger partial charge in [0.05, 0.1) is 28.2 Å². The van der Waals surface area contributed by atoms with Crippen LogP contribution in [0.25, 0.3) is 21.9 Å². The molecule has 1 aliphatic rings. The molecule has 1 aliphatic carbocycles. The second-order valence-electron chi connectivity index (χ2n) is 7.12. The predicted molar refractivity (Wildman–Crippen MR) is 106 cm³/mol. The molecule has 5 nitrogen and oxygen atoms in total. The fourth-order valence-electron chi connectivity index (χ4n) is 3.99. The van der Waals surface area contributed by atoms with Gasteiger partial charge in [-0.15, -0.1) is 0 Å². The van der Waals surface area contributed by atoms with Crippen LogP contribution in [0.5, 0.6) is 0 Å². The summed E-state index contributed by atoms with van der Waals surface area (Å²) in [4.78, 5) is 25.9. The van der Waals surface area contributed by atoms with Crippen LogP contribution < -0.4 is 5.32 Å². The highest BCUT2D eigenvalue weighted by molar-refractivity contribution is 6.08. The molecule has 2 aromatic heterocycles. The van der Waals surface area contributed by atoms with Crippen LogP contribution in [-0.2, 0) is 12.8 Å². The van der Waals surface area contributed by atoms with Crippen molar-refractivity contribution in [3.63, 3.8) is 0 Å². The highest BCUT2D eigenvalue weighted by Crippen LogP contribution is 2.30. The topological polar surface area (TPSA) is 70.7 Å². The number of aromatic nitrogens is 3. The Balaban J connectivity index is 1.52. The van der Waals surface area contributed by atoms with E-state index in [1.165, 1.54) is 0 Å². The number of hydrogen-bond donors (Lipinski definition) is 2. The molecule has 2 aromatic carbocycles. The zero-order chi connectivity index (χ0) is 18.4. The number of benzene rings is 2. The second-order valence-corrected chi connectivity index (χ2v) is 7.12. The third-order valence-electron chi connectivity index (χ3n) is 5.31. The van der Waals surface area contributed by atoms with E-state index in [-0.39, 0.29) is 11.9 Å². The number of H-pyrrole nitrogens is 1. The number of fused-ring (bicyclic) bond motifs is 3. The van der Waals surface area contributed by atoms with Gasteiger partial charge in [-0.2, -0.15) is 0 Å². The number of carbonyl (C=O) groups is 1. The van der Waals surface area contributed by atoms with Gasteiger partial charge in [0.2, 0.25) is 0 Å². The first-order valence-electron chi connectivity index (χ1n) is 9.37. The molecule has 0 spiro atoms. The summed E-state index contributed by atoms with van der Waals surface area (Å²) in [6, 6.07) is 15.6. The molecule has 2 heterocycles. The van der Waals surface area contributed by atoms with Gasteiger partial charge < -0.3 is 10.3 Å². The molecule has 0 aliphatic heterocycles. The van der Waals surface area contributed by atoms with Crippen LogP contribution in [0.4, 0.5) is 0 Å². The van der Waals surface area contributed by atoms with Gasteiger partial charge in [0.1, 0.15) is 5.82 Å². The van der Waals surface area contributed by atoms with Crippen molar-refractivity contribution in [1.29, 1.82) is 0 Å². The lowest BCUT2D eigenvalue weighted by Crippen LogP contribution is -2.28. The standard InChI is InChI=1S/C22H20N4O/c1-13(21-25-18-10-4-5-11-19(18)26-21)23-22(27)20-14-7-2-3-9-16(14)24-17-12-6-8-15(17)20/h2-5,7,9-11,13H,6,8,12H2,1H3,(H,23,27)(H,25,26). The molecule has 0 saturated heterocycles. The molecule has 0 radical (unpaired) electrons. The molecular weight excluding hydrogens is 336 g/mol. The van der Waals surface area contributed by atoms with Gasteiger partial charge in [-0.1, -0.05) is 30.3 Å². The lowest BCUT2D eigenvalue weighted by atomic mass is 10.0. The SMILES string of the molecule is CC(NC(=O)c1c2c(nc3ccccc13)CCC2)c1nc2ccccc2[nH]1. The van der Waals surface area contributed by atoms with Crippen molar-refractivity contribution in [3.8, 4) is 0 Å².